The molecule has 0 saturated heterocycles. The molecule has 2 aromatic heterocycles. The van der Waals surface area contributed by atoms with Gasteiger partial charge in [-0.3, -0.25) is 0 Å². The van der Waals surface area contributed by atoms with Crippen LogP contribution in [0.3, 0.4) is 0 Å². The molecule has 2 heteroatoms. The van der Waals surface area contributed by atoms with Gasteiger partial charge in [0.2, 0.25) is 0 Å². The zero-order chi connectivity index (χ0) is 37.0. The fourth-order valence-corrected chi connectivity index (χ4v) is 8.81. The quantitative estimate of drug-likeness (QED) is 0.168. The van der Waals surface area contributed by atoms with Crippen LogP contribution >= 0.6 is 0 Å². The predicted octanol–water partition coefficient (Wildman–Crippen LogP) is 15.0. The van der Waals surface area contributed by atoms with Gasteiger partial charge in [-0.2, -0.15) is 0 Å². The number of furan rings is 1. The van der Waals surface area contributed by atoms with E-state index >= 15 is 0 Å². The summed E-state index contributed by atoms with van der Waals surface area (Å²) in [7, 11) is 0. The fourth-order valence-electron chi connectivity index (χ4n) is 8.81. The average Bonchev–Trinajstić information content (AvgIpc) is 3.83. The number of para-hydroxylation sites is 2. The number of fused-ring (bicyclic) bond motifs is 6. The highest BCUT2D eigenvalue weighted by Crippen LogP contribution is 2.54. The van der Waals surface area contributed by atoms with Gasteiger partial charge in [0.25, 0.3) is 0 Å². The molecule has 0 bridgehead atoms. The van der Waals surface area contributed by atoms with E-state index in [1.54, 1.807) is 0 Å². The van der Waals surface area contributed by atoms with Crippen molar-refractivity contribution < 1.29 is 4.42 Å². The Kier molecular flexibility index (Phi) is 7.53. The number of benzene rings is 9. The monoisotopic (exact) mass is 713 g/mol. The zero-order valence-electron chi connectivity index (χ0n) is 30.6. The van der Waals surface area contributed by atoms with Crippen molar-refractivity contribution in [3.05, 3.63) is 212 Å². The van der Waals surface area contributed by atoms with E-state index in [1.165, 1.54) is 55.3 Å². The number of nitrogens with zero attached hydrogens (tertiary/aromatic N) is 1. The molecule has 2 heterocycles. The molecule has 0 fully saturated rings. The van der Waals surface area contributed by atoms with Crippen molar-refractivity contribution in [2.24, 2.45) is 0 Å². The maximum atomic E-state index is 6.85. The van der Waals surface area contributed by atoms with Gasteiger partial charge in [0.1, 0.15) is 5.58 Å². The van der Waals surface area contributed by atoms with Crippen LogP contribution in [0.25, 0.3) is 105 Å². The Hall–Kier alpha value is -7.42. The van der Waals surface area contributed by atoms with E-state index in [2.05, 4.69) is 211 Å². The minimum atomic E-state index is 0.869. The van der Waals surface area contributed by atoms with Gasteiger partial charge in [0.15, 0.2) is 5.58 Å². The maximum Gasteiger partial charge on any atom is 0.159 e. The number of hydrogen-bond donors (Lipinski definition) is 0. The molecular weight excluding hydrogens is 679 g/mol. The second-order valence-electron chi connectivity index (χ2n) is 14.4. The van der Waals surface area contributed by atoms with E-state index in [0.717, 1.165) is 49.8 Å². The van der Waals surface area contributed by atoms with Crippen LogP contribution in [0.15, 0.2) is 217 Å². The Labute approximate surface area is 325 Å². The topological polar surface area (TPSA) is 18.1 Å². The van der Waals surface area contributed by atoms with Gasteiger partial charge < -0.3 is 8.98 Å². The van der Waals surface area contributed by atoms with Crippen molar-refractivity contribution in [1.82, 2.24) is 4.57 Å². The van der Waals surface area contributed by atoms with Crippen molar-refractivity contribution in [3.63, 3.8) is 0 Å². The molecule has 0 radical (unpaired) electrons. The lowest BCUT2D eigenvalue weighted by Crippen LogP contribution is -2.01. The molecule has 0 saturated carbocycles. The maximum absolute atomic E-state index is 6.85. The summed E-state index contributed by atoms with van der Waals surface area (Å²) in [5, 5.41) is 4.60. The molecule has 0 aliphatic heterocycles. The van der Waals surface area contributed by atoms with Crippen molar-refractivity contribution in [2.75, 3.05) is 0 Å². The lowest BCUT2D eigenvalue weighted by molar-refractivity contribution is 0.666. The number of hydrogen-bond acceptors (Lipinski definition) is 1. The predicted molar refractivity (Wildman–Crippen MR) is 235 cm³/mol. The molecule has 0 amide bonds. The highest BCUT2D eigenvalue weighted by Gasteiger charge is 2.30. The van der Waals surface area contributed by atoms with E-state index in [4.69, 9.17) is 4.42 Å². The molecule has 9 aromatic carbocycles. The van der Waals surface area contributed by atoms with Crippen LogP contribution in [-0.4, -0.2) is 4.57 Å². The largest absolute Gasteiger partial charge is 0.454 e. The van der Waals surface area contributed by atoms with Gasteiger partial charge in [-0.1, -0.05) is 188 Å². The van der Waals surface area contributed by atoms with Gasteiger partial charge in [0.05, 0.1) is 16.7 Å². The first-order valence-corrected chi connectivity index (χ1v) is 19.2. The Morgan fingerprint density at radius 2 is 0.804 bits per heavy atom. The molecule has 11 rings (SSSR count). The molecule has 262 valence electrons. The summed E-state index contributed by atoms with van der Waals surface area (Å²) in [5.41, 5.74) is 16.8. The van der Waals surface area contributed by atoms with Crippen LogP contribution < -0.4 is 0 Å². The van der Waals surface area contributed by atoms with Crippen LogP contribution in [0.5, 0.6) is 0 Å². The first-order valence-electron chi connectivity index (χ1n) is 19.2. The molecule has 11 aromatic rings. The van der Waals surface area contributed by atoms with E-state index < -0.39 is 0 Å². The minimum Gasteiger partial charge on any atom is -0.454 e. The lowest BCUT2D eigenvalue weighted by Gasteiger charge is -2.24. The van der Waals surface area contributed by atoms with E-state index in [-0.39, 0.29) is 0 Å². The van der Waals surface area contributed by atoms with Gasteiger partial charge in [0, 0.05) is 38.2 Å². The summed E-state index contributed by atoms with van der Waals surface area (Å²) >= 11 is 0. The smallest absolute Gasteiger partial charge is 0.159 e. The lowest BCUT2D eigenvalue weighted by atomic mass is 9.80. The summed E-state index contributed by atoms with van der Waals surface area (Å²) in [6, 6.07) is 76.4. The minimum absolute atomic E-state index is 0.869. The third kappa shape index (κ3) is 5.04. The first kappa shape index (κ1) is 32.0. The van der Waals surface area contributed by atoms with Gasteiger partial charge >= 0.3 is 0 Å². The van der Waals surface area contributed by atoms with Gasteiger partial charge in [-0.15, -0.1) is 0 Å². The molecule has 2 nitrogen and oxygen atoms in total. The van der Waals surface area contributed by atoms with Gasteiger partial charge in [-0.25, -0.2) is 0 Å². The van der Waals surface area contributed by atoms with Gasteiger partial charge in [-0.05, 0) is 63.2 Å². The standard InChI is InChI=1S/C54H35NO/c1-6-19-36(20-7-1)41-33-34-45-44(35-41)52-50(39-25-12-4-13-26-39)48(37-21-8-2-9-22-37)49(38-23-10-3-11-24-38)51(40-27-14-5-15-28-40)53(52)55(45)46-31-18-30-43-42-29-16-17-32-47(42)56-54(43)46/h1-35H. The third-order valence-corrected chi connectivity index (χ3v) is 11.2. The van der Waals surface area contributed by atoms with E-state index in [1.807, 2.05) is 6.07 Å². The van der Waals surface area contributed by atoms with Crippen LogP contribution in [0.2, 0.25) is 0 Å². The summed E-state index contributed by atoms with van der Waals surface area (Å²) < 4.78 is 9.33. The van der Waals surface area contributed by atoms with Crippen molar-refractivity contribution >= 4 is 43.7 Å². The highest BCUT2D eigenvalue weighted by atomic mass is 16.3. The highest BCUT2D eigenvalue weighted by molar-refractivity contribution is 6.27. The molecule has 0 atom stereocenters. The summed E-state index contributed by atoms with van der Waals surface area (Å²) in [6.07, 6.45) is 0. The van der Waals surface area contributed by atoms with Crippen molar-refractivity contribution in [3.8, 4) is 61.3 Å². The Bertz CT molecular complexity index is 3200. The molecule has 0 unspecified atom stereocenters. The van der Waals surface area contributed by atoms with Crippen molar-refractivity contribution in [1.29, 1.82) is 0 Å². The number of rotatable bonds is 6. The molecular formula is C54H35NO. The summed E-state index contributed by atoms with van der Waals surface area (Å²) in [4.78, 5) is 0. The van der Waals surface area contributed by atoms with Crippen molar-refractivity contribution in [2.45, 2.75) is 0 Å². The molecule has 0 aliphatic carbocycles. The second kappa shape index (κ2) is 13.2. The van der Waals surface area contributed by atoms with Crippen LogP contribution in [0.1, 0.15) is 0 Å². The third-order valence-electron chi connectivity index (χ3n) is 11.2. The first-order chi connectivity index (χ1) is 27.8. The zero-order valence-corrected chi connectivity index (χ0v) is 30.6. The Morgan fingerprint density at radius 3 is 1.41 bits per heavy atom. The Morgan fingerprint density at radius 1 is 0.321 bits per heavy atom. The molecule has 56 heavy (non-hydrogen) atoms. The Balaban J connectivity index is 1.45. The molecule has 0 spiro atoms. The number of aromatic nitrogens is 1. The van der Waals surface area contributed by atoms with Crippen LogP contribution in [-0.2, 0) is 0 Å². The van der Waals surface area contributed by atoms with Crippen LogP contribution in [0, 0.1) is 0 Å². The van der Waals surface area contributed by atoms with E-state index in [9.17, 15) is 0 Å². The fraction of sp³-hybridized carbons (Fsp3) is 0. The SMILES string of the molecule is c1ccc(-c2ccc3c(c2)c2c(-c4ccccc4)c(-c4ccccc4)c(-c4ccccc4)c(-c4ccccc4)c2n3-c2cccc3c2oc2ccccc23)cc1. The van der Waals surface area contributed by atoms with E-state index in [0.29, 0.717) is 0 Å². The average molecular weight is 714 g/mol. The molecule has 0 N–H and O–H groups in total. The van der Waals surface area contributed by atoms with Crippen LogP contribution in [0.4, 0.5) is 0 Å². The second-order valence-corrected chi connectivity index (χ2v) is 14.4. The summed E-state index contributed by atoms with van der Waals surface area (Å²) in [6.45, 7) is 0. The normalized spacial score (nSPS) is 11.6. The summed E-state index contributed by atoms with van der Waals surface area (Å²) in [5.74, 6) is 0. The molecule has 0 aliphatic rings.